The fourth-order valence-electron chi connectivity index (χ4n) is 4.70. The summed E-state index contributed by atoms with van der Waals surface area (Å²) in [7, 11) is 0. The molecule has 2 aromatic carbocycles. The second kappa shape index (κ2) is 12.1. The fourth-order valence-corrected chi connectivity index (χ4v) is 4.99. The first-order valence-corrected chi connectivity index (χ1v) is 13.7. The van der Waals surface area contributed by atoms with Gasteiger partial charge in [-0.05, 0) is 75.9 Å². The van der Waals surface area contributed by atoms with Gasteiger partial charge in [0.1, 0.15) is 23.6 Å². The van der Waals surface area contributed by atoms with E-state index in [-0.39, 0.29) is 18.5 Å². The smallest absolute Gasteiger partial charge is 0.325 e. The van der Waals surface area contributed by atoms with E-state index in [1.807, 2.05) is 24.3 Å². The molecule has 0 radical (unpaired) electrons. The highest BCUT2D eigenvalue weighted by atomic mass is 35.5. The van der Waals surface area contributed by atoms with Crippen molar-refractivity contribution in [3.63, 3.8) is 0 Å². The molecule has 2 heterocycles. The van der Waals surface area contributed by atoms with Crippen molar-refractivity contribution in [3.05, 3.63) is 58.1 Å². The third-order valence-corrected chi connectivity index (χ3v) is 7.72. The Kier molecular flexibility index (Phi) is 9.08. The molecule has 2 N–H and O–H groups in total. The third-order valence-electron chi connectivity index (χ3n) is 6.98. The minimum atomic E-state index is -0.894. The van der Waals surface area contributed by atoms with E-state index in [0.717, 1.165) is 37.4 Å². The zero-order valence-corrected chi connectivity index (χ0v) is 23.4. The van der Waals surface area contributed by atoms with E-state index >= 15 is 0 Å². The van der Waals surface area contributed by atoms with Crippen molar-refractivity contribution in [1.29, 1.82) is 0 Å². The average molecular weight is 565 g/mol. The molecule has 2 aromatic rings. The van der Waals surface area contributed by atoms with Gasteiger partial charge in [-0.2, -0.15) is 0 Å². The summed E-state index contributed by atoms with van der Waals surface area (Å²) in [5.74, 6) is 1.13. The van der Waals surface area contributed by atoms with Crippen LogP contribution in [0.5, 0.6) is 11.5 Å². The Morgan fingerprint density at radius 3 is 2.39 bits per heavy atom. The second-order valence-corrected chi connectivity index (χ2v) is 11.4. The molecule has 10 heteroatoms. The number of carbonyl (C=O) groups excluding carboxylic acids is 2. The molecule has 0 spiro atoms. The number of imide groups is 1. The van der Waals surface area contributed by atoms with Crippen molar-refractivity contribution < 1.29 is 24.2 Å². The van der Waals surface area contributed by atoms with Crippen molar-refractivity contribution in [3.8, 4) is 11.5 Å². The minimum absolute atomic E-state index is 0.208. The van der Waals surface area contributed by atoms with Gasteiger partial charge in [0.2, 0.25) is 0 Å². The van der Waals surface area contributed by atoms with Gasteiger partial charge in [0, 0.05) is 25.7 Å². The standard InChI is InChI=1S/C28H35Cl2N3O5/c1-27(2)25(34)33(26(35)31-27)14-4-16-37-21-7-5-20(6-8-21)18-32-13-3-11-28(36,12-15-32)19-38-22-9-10-23(29)24(30)17-22/h5-10,17,36H,3-4,11-16,18-19H2,1-2H3,(H,31,35)/t28-/m1/s1. The minimum Gasteiger partial charge on any atom is -0.494 e. The van der Waals surface area contributed by atoms with Crippen molar-refractivity contribution in [1.82, 2.24) is 15.1 Å². The summed E-state index contributed by atoms with van der Waals surface area (Å²) in [6, 6.07) is 12.7. The summed E-state index contributed by atoms with van der Waals surface area (Å²) in [4.78, 5) is 27.8. The molecular formula is C28H35Cl2N3O5. The predicted octanol–water partition coefficient (Wildman–Crippen LogP) is 4.89. The molecule has 0 unspecified atom stereocenters. The Hall–Kier alpha value is -2.52. The number of rotatable bonds is 10. The number of nitrogens with zero attached hydrogens (tertiary/aromatic N) is 2. The van der Waals surface area contributed by atoms with Crippen LogP contribution < -0.4 is 14.8 Å². The van der Waals surface area contributed by atoms with Crippen LogP contribution >= 0.6 is 23.2 Å². The first-order chi connectivity index (χ1) is 18.0. The van der Waals surface area contributed by atoms with Crippen LogP contribution in [0.1, 0.15) is 45.1 Å². The fraction of sp³-hybridized carbons (Fsp3) is 0.500. The van der Waals surface area contributed by atoms with Crippen molar-refractivity contribution in [2.75, 3.05) is 32.8 Å². The number of likely N-dealkylation sites (tertiary alicyclic amines) is 1. The summed E-state index contributed by atoms with van der Waals surface area (Å²) in [5.41, 5.74) is -0.578. The summed E-state index contributed by atoms with van der Waals surface area (Å²) in [6.07, 6.45) is 2.71. The van der Waals surface area contributed by atoms with Crippen molar-refractivity contribution in [2.24, 2.45) is 0 Å². The number of hydrogen-bond donors (Lipinski definition) is 2. The second-order valence-electron chi connectivity index (χ2n) is 10.6. The van der Waals surface area contributed by atoms with Crippen molar-refractivity contribution in [2.45, 2.75) is 57.2 Å². The van der Waals surface area contributed by atoms with E-state index in [1.54, 1.807) is 32.0 Å². The van der Waals surface area contributed by atoms with E-state index in [1.165, 1.54) is 4.90 Å². The zero-order valence-electron chi connectivity index (χ0n) is 21.8. The summed E-state index contributed by atoms with van der Waals surface area (Å²) < 4.78 is 11.6. The summed E-state index contributed by atoms with van der Waals surface area (Å²) in [5, 5.41) is 14.7. The molecule has 8 nitrogen and oxygen atoms in total. The maximum atomic E-state index is 12.2. The normalized spacial score (nSPS) is 21.8. The van der Waals surface area contributed by atoms with Crippen LogP contribution in [0.3, 0.4) is 0 Å². The number of halogens is 2. The highest BCUT2D eigenvalue weighted by Gasteiger charge is 2.43. The molecule has 3 amide bonds. The maximum Gasteiger partial charge on any atom is 0.325 e. The third kappa shape index (κ3) is 7.32. The van der Waals surface area contributed by atoms with Gasteiger partial charge in [0.25, 0.3) is 5.91 Å². The van der Waals surface area contributed by atoms with Gasteiger partial charge in [-0.1, -0.05) is 35.3 Å². The van der Waals surface area contributed by atoms with E-state index in [4.69, 9.17) is 32.7 Å². The number of ether oxygens (including phenoxy) is 2. The van der Waals surface area contributed by atoms with E-state index < -0.39 is 11.1 Å². The molecule has 0 bridgehead atoms. The lowest BCUT2D eigenvalue weighted by Crippen LogP contribution is -2.40. The molecule has 1 atom stereocenters. The highest BCUT2D eigenvalue weighted by molar-refractivity contribution is 6.42. The SMILES string of the molecule is CC1(C)NC(=O)N(CCCOc2ccc(CN3CCC[C@](O)(COc4ccc(Cl)c(Cl)c4)CC3)cc2)C1=O. The Labute approximate surface area is 233 Å². The average Bonchev–Trinajstić information content (AvgIpc) is 2.98. The molecule has 2 aliphatic heterocycles. The quantitative estimate of drug-likeness (QED) is 0.316. The summed E-state index contributed by atoms with van der Waals surface area (Å²) >= 11 is 12.0. The number of benzene rings is 2. The Morgan fingerprint density at radius 1 is 0.974 bits per heavy atom. The number of urea groups is 1. The van der Waals surface area contributed by atoms with Gasteiger partial charge in [-0.25, -0.2) is 4.79 Å². The molecule has 206 valence electrons. The van der Waals surface area contributed by atoms with Gasteiger partial charge in [0.05, 0.1) is 22.3 Å². The molecule has 2 saturated heterocycles. The van der Waals surface area contributed by atoms with Crippen LogP contribution in [0, 0.1) is 0 Å². The summed E-state index contributed by atoms with van der Waals surface area (Å²) in [6.45, 7) is 6.78. The van der Waals surface area contributed by atoms with Crippen LogP contribution in [0.25, 0.3) is 0 Å². The Bertz CT molecular complexity index is 1140. The largest absolute Gasteiger partial charge is 0.494 e. The number of amides is 3. The number of hydrogen-bond acceptors (Lipinski definition) is 6. The lowest BCUT2D eigenvalue weighted by Gasteiger charge is -2.27. The molecule has 0 aliphatic carbocycles. The monoisotopic (exact) mass is 563 g/mol. The lowest BCUT2D eigenvalue weighted by atomic mass is 9.96. The molecule has 2 fully saturated rings. The van der Waals surface area contributed by atoms with E-state index in [9.17, 15) is 14.7 Å². The van der Waals surface area contributed by atoms with E-state index in [0.29, 0.717) is 48.2 Å². The number of nitrogens with one attached hydrogen (secondary N) is 1. The van der Waals surface area contributed by atoms with Gasteiger partial charge in [-0.15, -0.1) is 0 Å². The molecule has 4 rings (SSSR count). The molecule has 0 saturated carbocycles. The molecule has 2 aliphatic rings. The predicted molar refractivity (Wildman–Crippen MR) is 147 cm³/mol. The number of aliphatic hydroxyl groups is 1. The van der Waals surface area contributed by atoms with Crippen LogP contribution in [0.2, 0.25) is 10.0 Å². The van der Waals surface area contributed by atoms with Crippen LogP contribution in [-0.2, 0) is 11.3 Å². The van der Waals surface area contributed by atoms with Crippen LogP contribution in [0.4, 0.5) is 4.79 Å². The maximum absolute atomic E-state index is 12.2. The topological polar surface area (TPSA) is 91.3 Å². The molecule has 0 aromatic heterocycles. The van der Waals surface area contributed by atoms with Crippen molar-refractivity contribution >= 4 is 35.1 Å². The highest BCUT2D eigenvalue weighted by Crippen LogP contribution is 2.29. The van der Waals surface area contributed by atoms with Crippen LogP contribution in [-0.4, -0.2) is 70.8 Å². The van der Waals surface area contributed by atoms with Gasteiger partial charge >= 0.3 is 6.03 Å². The van der Waals surface area contributed by atoms with Gasteiger partial charge in [0.15, 0.2) is 0 Å². The Balaban J connectivity index is 1.19. The lowest BCUT2D eigenvalue weighted by molar-refractivity contribution is -0.130. The van der Waals surface area contributed by atoms with Crippen LogP contribution in [0.15, 0.2) is 42.5 Å². The Morgan fingerprint density at radius 2 is 1.71 bits per heavy atom. The van der Waals surface area contributed by atoms with Gasteiger partial charge in [-0.3, -0.25) is 14.6 Å². The zero-order chi connectivity index (χ0) is 27.3. The first kappa shape index (κ1) is 28.5. The molecular weight excluding hydrogens is 529 g/mol. The number of carbonyl (C=O) groups is 2. The van der Waals surface area contributed by atoms with E-state index in [2.05, 4.69) is 10.2 Å². The van der Waals surface area contributed by atoms with Gasteiger partial charge < -0.3 is 19.9 Å². The molecule has 38 heavy (non-hydrogen) atoms. The first-order valence-electron chi connectivity index (χ1n) is 12.9.